The summed E-state index contributed by atoms with van der Waals surface area (Å²) in [4.78, 5) is 4.16. The van der Waals surface area contributed by atoms with Crippen molar-refractivity contribution < 1.29 is 17.7 Å². The molecule has 0 aliphatic rings. The minimum absolute atomic E-state index is 0.0969. The van der Waals surface area contributed by atoms with Gasteiger partial charge in [-0.2, -0.15) is 4.98 Å². The van der Waals surface area contributed by atoms with Crippen LogP contribution in [0.4, 0.5) is 0 Å². The molecule has 0 atom stereocenters. The minimum atomic E-state index is -3.52. The molecule has 0 N–H and O–H groups in total. The average molecular weight is 282 g/mol. The van der Waals surface area contributed by atoms with Crippen molar-refractivity contribution in [3.05, 3.63) is 36.0 Å². The highest BCUT2D eigenvalue weighted by atomic mass is 32.2. The molecule has 0 radical (unpaired) electrons. The van der Waals surface area contributed by atoms with Gasteiger partial charge >= 0.3 is 0 Å². The average Bonchev–Trinajstić information content (AvgIpc) is 2.85. The zero-order valence-corrected chi connectivity index (χ0v) is 11.5. The molecule has 0 bridgehead atoms. The lowest BCUT2D eigenvalue weighted by Crippen LogP contribution is -2.05. The van der Waals surface area contributed by atoms with E-state index < -0.39 is 9.84 Å². The van der Waals surface area contributed by atoms with Crippen LogP contribution in [-0.4, -0.2) is 25.7 Å². The molecule has 1 aromatic heterocycles. The topological polar surface area (TPSA) is 82.3 Å². The molecule has 1 aromatic carbocycles. The Labute approximate surface area is 111 Å². The van der Waals surface area contributed by atoms with Gasteiger partial charge in [0.2, 0.25) is 5.89 Å². The highest BCUT2D eigenvalue weighted by Crippen LogP contribution is 2.20. The van der Waals surface area contributed by atoms with Crippen molar-refractivity contribution in [3.63, 3.8) is 0 Å². The second-order valence-corrected chi connectivity index (χ2v) is 5.89. The Morgan fingerprint density at radius 1 is 1.37 bits per heavy atom. The van der Waals surface area contributed by atoms with Crippen molar-refractivity contribution in [2.45, 2.75) is 24.0 Å². The van der Waals surface area contributed by atoms with Crippen LogP contribution in [0.25, 0.3) is 0 Å². The van der Waals surface area contributed by atoms with E-state index in [1.54, 1.807) is 12.1 Å². The first-order chi connectivity index (χ1) is 9.05. The smallest absolute Gasteiger partial charge is 0.242 e. The summed E-state index contributed by atoms with van der Waals surface area (Å²) in [6.07, 6.45) is 0.600. The lowest BCUT2D eigenvalue weighted by molar-refractivity contribution is 0.383. The molecule has 0 saturated heterocycles. The minimum Gasteiger partial charge on any atom is -0.497 e. The van der Waals surface area contributed by atoms with Crippen LogP contribution in [0.5, 0.6) is 5.75 Å². The Morgan fingerprint density at radius 3 is 2.79 bits per heavy atom. The monoisotopic (exact) mass is 282 g/mol. The normalized spacial score (nSPS) is 11.5. The Bertz CT molecular complexity index is 664. The molecule has 19 heavy (non-hydrogen) atoms. The first-order valence-electron chi connectivity index (χ1n) is 5.73. The molecule has 1 heterocycles. The highest BCUT2D eigenvalue weighted by molar-refractivity contribution is 7.90. The van der Waals surface area contributed by atoms with E-state index in [1.165, 1.54) is 19.2 Å². The summed E-state index contributed by atoms with van der Waals surface area (Å²) in [6, 6.07) is 6.28. The highest BCUT2D eigenvalue weighted by Gasteiger charge is 2.20. The standard InChI is InChI=1S/C12H14N2O4S/c1-3-11-13-12(18-14-11)8-19(15,16)10-6-4-5-9(7-10)17-2/h4-7H,3,8H2,1-2H3. The third kappa shape index (κ3) is 3.11. The molecular weight excluding hydrogens is 268 g/mol. The van der Waals surface area contributed by atoms with Crippen molar-refractivity contribution in [3.8, 4) is 5.75 Å². The first-order valence-corrected chi connectivity index (χ1v) is 7.38. The summed E-state index contributed by atoms with van der Waals surface area (Å²) in [5.74, 6) is 0.768. The zero-order chi connectivity index (χ0) is 13.9. The molecule has 102 valence electrons. The number of ether oxygens (including phenoxy) is 1. The number of methoxy groups -OCH3 is 1. The maximum Gasteiger partial charge on any atom is 0.242 e. The van der Waals surface area contributed by atoms with Crippen LogP contribution in [0, 0.1) is 0 Å². The predicted molar refractivity (Wildman–Crippen MR) is 67.6 cm³/mol. The summed E-state index contributed by atoms with van der Waals surface area (Å²) < 4.78 is 34.3. The van der Waals surface area contributed by atoms with E-state index >= 15 is 0 Å². The van der Waals surface area contributed by atoms with Gasteiger partial charge in [0.25, 0.3) is 0 Å². The van der Waals surface area contributed by atoms with E-state index in [0.29, 0.717) is 18.0 Å². The number of aromatic nitrogens is 2. The maximum atomic E-state index is 12.2. The maximum absolute atomic E-state index is 12.2. The fourth-order valence-corrected chi connectivity index (χ4v) is 2.72. The lowest BCUT2D eigenvalue weighted by atomic mass is 10.3. The number of aryl methyl sites for hydroxylation is 1. The van der Waals surface area contributed by atoms with Gasteiger partial charge < -0.3 is 9.26 Å². The summed E-state index contributed by atoms with van der Waals surface area (Å²) in [5, 5.41) is 3.67. The van der Waals surface area contributed by atoms with Gasteiger partial charge in [0.1, 0.15) is 11.5 Å². The van der Waals surface area contributed by atoms with Crippen LogP contribution in [0.3, 0.4) is 0 Å². The van der Waals surface area contributed by atoms with Crippen LogP contribution in [-0.2, 0) is 22.0 Å². The van der Waals surface area contributed by atoms with E-state index in [2.05, 4.69) is 10.1 Å². The SMILES string of the molecule is CCc1noc(CS(=O)(=O)c2cccc(OC)c2)n1. The summed E-state index contributed by atoms with van der Waals surface area (Å²) in [6.45, 7) is 1.87. The van der Waals surface area contributed by atoms with Crippen molar-refractivity contribution in [1.82, 2.24) is 10.1 Å². The van der Waals surface area contributed by atoms with E-state index in [1.807, 2.05) is 6.92 Å². The molecule has 0 amide bonds. The summed E-state index contributed by atoms with van der Waals surface area (Å²) in [7, 11) is -2.03. The second kappa shape index (κ2) is 5.40. The Kier molecular flexibility index (Phi) is 3.84. The largest absolute Gasteiger partial charge is 0.497 e. The molecular formula is C12H14N2O4S. The molecule has 0 fully saturated rings. The second-order valence-electron chi connectivity index (χ2n) is 3.90. The van der Waals surface area contributed by atoms with E-state index in [9.17, 15) is 8.42 Å². The summed E-state index contributed by atoms with van der Waals surface area (Å²) in [5.41, 5.74) is 0. The van der Waals surface area contributed by atoms with Gasteiger partial charge in [0.05, 0.1) is 12.0 Å². The van der Waals surface area contributed by atoms with Gasteiger partial charge in [-0.15, -0.1) is 0 Å². The third-order valence-corrected chi connectivity index (χ3v) is 4.14. The van der Waals surface area contributed by atoms with E-state index in [4.69, 9.17) is 9.26 Å². The number of hydrogen-bond acceptors (Lipinski definition) is 6. The van der Waals surface area contributed by atoms with Gasteiger partial charge in [-0.25, -0.2) is 8.42 Å². The molecule has 0 saturated carbocycles. The van der Waals surface area contributed by atoms with Gasteiger partial charge in [-0.05, 0) is 18.2 Å². The lowest BCUT2D eigenvalue weighted by Gasteiger charge is -2.04. The fraction of sp³-hybridized carbons (Fsp3) is 0.333. The molecule has 2 rings (SSSR count). The Morgan fingerprint density at radius 2 is 2.16 bits per heavy atom. The van der Waals surface area contributed by atoms with Crippen LogP contribution >= 0.6 is 0 Å². The molecule has 2 aromatic rings. The van der Waals surface area contributed by atoms with Gasteiger partial charge in [-0.3, -0.25) is 0 Å². The molecule has 0 aliphatic heterocycles. The predicted octanol–water partition coefficient (Wildman–Crippen LogP) is 1.61. The number of nitrogens with zero attached hydrogens (tertiary/aromatic N) is 2. The van der Waals surface area contributed by atoms with Gasteiger partial charge in [-0.1, -0.05) is 18.1 Å². The zero-order valence-electron chi connectivity index (χ0n) is 10.7. The van der Waals surface area contributed by atoms with Crippen LogP contribution in [0.1, 0.15) is 18.6 Å². The molecule has 0 spiro atoms. The van der Waals surface area contributed by atoms with E-state index in [-0.39, 0.29) is 16.5 Å². The molecule has 0 aliphatic carbocycles. The third-order valence-electron chi connectivity index (χ3n) is 2.54. The van der Waals surface area contributed by atoms with Crippen molar-refractivity contribution in [1.29, 1.82) is 0 Å². The molecule has 6 nitrogen and oxygen atoms in total. The number of rotatable bonds is 5. The van der Waals surface area contributed by atoms with Crippen LogP contribution < -0.4 is 4.74 Å². The summed E-state index contributed by atoms with van der Waals surface area (Å²) >= 11 is 0. The van der Waals surface area contributed by atoms with Gasteiger partial charge in [0.15, 0.2) is 15.7 Å². The number of hydrogen-bond donors (Lipinski definition) is 0. The Hall–Kier alpha value is -1.89. The number of benzene rings is 1. The first kappa shape index (κ1) is 13.5. The van der Waals surface area contributed by atoms with Crippen LogP contribution in [0.2, 0.25) is 0 Å². The molecule has 7 heteroatoms. The fourth-order valence-electron chi connectivity index (χ4n) is 1.53. The van der Waals surface area contributed by atoms with Crippen molar-refractivity contribution in [2.75, 3.05) is 7.11 Å². The quantitative estimate of drug-likeness (QED) is 0.828. The number of sulfone groups is 1. The van der Waals surface area contributed by atoms with E-state index in [0.717, 1.165) is 0 Å². The van der Waals surface area contributed by atoms with Crippen LogP contribution in [0.15, 0.2) is 33.7 Å². The van der Waals surface area contributed by atoms with Gasteiger partial charge in [0, 0.05) is 6.42 Å². The van der Waals surface area contributed by atoms with Crippen molar-refractivity contribution >= 4 is 9.84 Å². The van der Waals surface area contributed by atoms with Crippen molar-refractivity contribution in [2.24, 2.45) is 0 Å². The molecule has 0 unspecified atom stereocenters. The Balaban J connectivity index is 2.26.